The Kier molecular flexibility index (Phi) is 5.99. The Morgan fingerprint density at radius 2 is 1.70 bits per heavy atom. The van der Waals surface area contributed by atoms with Crippen LogP contribution in [-0.2, 0) is 33.4 Å². The minimum Gasteiger partial charge on any atom is -0.338 e. The van der Waals surface area contributed by atoms with E-state index in [1.807, 2.05) is 35.6 Å². The number of hydrogen-bond acceptors (Lipinski definition) is 6. The Hall–Kier alpha value is -3.02. The third-order valence-electron chi connectivity index (χ3n) is 3.26. The summed E-state index contributed by atoms with van der Waals surface area (Å²) >= 11 is 0. The van der Waals surface area contributed by atoms with E-state index in [2.05, 4.69) is 36.7 Å². The van der Waals surface area contributed by atoms with Crippen LogP contribution < -0.4 is 0 Å². The maximum atomic E-state index is 8.27. The predicted octanol–water partition coefficient (Wildman–Crippen LogP) is 0.595. The molecule has 3 heterocycles. The smallest absolute Gasteiger partial charge is 0.175 e. The molecule has 1 N–H and O–H groups in total. The van der Waals surface area contributed by atoms with Gasteiger partial charge in [0.2, 0.25) is 0 Å². The van der Waals surface area contributed by atoms with Crippen LogP contribution in [0.25, 0.3) is 0 Å². The van der Waals surface area contributed by atoms with Crippen LogP contribution >= 0.6 is 0 Å². The van der Waals surface area contributed by atoms with Crippen LogP contribution in [-0.4, -0.2) is 39.7 Å². The molecule has 0 amide bonds. The van der Waals surface area contributed by atoms with Crippen molar-refractivity contribution in [2.75, 3.05) is 0 Å². The van der Waals surface area contributed by atoms with E-state index >= 15 is 0 Å². The van der Waals surface area contributed by atoms with Gasteiger partial charge in [0.05, 0.1) is 6.07 Å². The zero-order valence-corrected chi connectivity index (χ0v) is 13.2. The molecule has 3 rings (SSSR count). The topological polar surface area (TPSA) is 114 Å². The average molecular weight is 313 g/mol. The summed E-state index contributed by atoms with van der Waals surface area (Å²) < 4.78 is 3.91. The van der Waals surface area contributed by atoms with Crippen molar-refractivity contribution < 1.29 is 0 Å². The summed E-state index contributed by atoms with van der Waals surface area (Å²) in [5, 5.41) is 21.9. The minimum absolute atomic E-state index is 0.546. The molecule has 0 aliphatic carbocycles. The van der Waals surface area contributed by atoms with Gasteiger partial charge in [0.15, 0.2) is 5.82 Å². The quantitative estimate of drug-likeness (QED) is 0.737. The third-order valence-corrected chi connectivity index (χ3v) is 3.26. The van der Waals surface area contributed by atoms with Crippen molar-refractivity contribution in [3.05, 3.63) is 42.3 Å². The zero-order valence-electron chi connectivity index (χ0n) is 13.2. The SMILES string of the molecule is Cn1ccnc1CCC#N.Cn1ccnc1CCc1nn[nH]n1. The average Bonchev–Trinajstić information content (AvgIpc) is 3.27. The van der Waals surface area contributed by atoms with Gasteiger partial charge in [-0.1, -0.05) is 5.21 Å². The Balaban J connectivity index is 0.000000174. The molecule has 0 bridgehead atoms. The summed E-state index contributed by atoms with van der Waals surface area (Å²) in [6, 6.07) is 2.08. The largest absolute Gasteiger partial charge is 0.338 e. The predicted molar refractivity (Wildman–Crippen MR) is 81.9 cm³/mol. The van der Waals surface area contributed by atoms with Gasteiger partial charge in [-0.05, 0) is 0 Å². The second-order valence-electron chi connectivity index (χ2n) is 4.89. The fourth-order valence-electron chi connectivity index (χ4n) is 1.95. The number of rotatable bonds is 5. The van der Waals surface area contributed by atoms with Crippen molar-refractivity contribution in [2.45, 2.75) is 25.7 Å². The summed E-state index contributed by atoms with van der Waals surface area (Å²) in [6.45, 7) is 0. The lowest BCUT2D eigenvalue weighted by molar-refractivity contribution is 0.749. The molecule has 9 nitrogen and oxygen atoms in total. The van der Waals surface area contributed by atoms with E-state index in [1.165, 1.54) is 0 Å². The van der Waals surface area contributed by atoms with E-state index in [0.29, 0.717) is 6.42 Å². The van der Waals surface area contributed by atoms with Crippen LogP contribution in [0, 0.1) is 11.3 Å². The zero-order chi connectivity index (χ0) is 16.5. The highest BCUT2D eigenvalue weighted by molar-refractivity contribution is 4.94. The fraction of sp³-hybridized carbons (Fsp3) is 0.429. The van der Waals surface area contributed by atoms with Crippen molar-refractivity contribution in [1.82, 2.24) is 39.7 Å². The maximum absolute atomic E-state index is 8.27. The third kappa shape index (κ3) is 5.03. The molecule has 0 atom stereocenters. The molecule has 3 aromatic rings. The monoisotopic (exact) mass is 313 g/mol. The van der Waals surface area contributed by atoms with Gasteiger partial charge >= 0.3 is 0 Å². The molecule has 0 aliphatic rings. The van der Waals surface area contributed by atoms with Crippen LogP contribution in [0.1, 0.15) is 23.9 Å². The van der Waals surface area contributed by atoms with E-state index in [-0.39, 0.29) is 0 Å². The van der Waals surface area contributed by atoms with E-state index < -0.39 is 0 Å². The molecule has 0 radical (unpaired) electrons. The van der Waals surface area contributed by atoms with Gasteiger partial charge in [0.25, 0.3) is 0 Å². The van der Waals surface area contributed by atoms with E-state index in [9.17, 15) is 0 Å². The molecule has 0 saturated heterocycles. The normalized spacial score (nSPS) is 9.96. The highest BCUT2D eigenvalue weighted by atomic mass is 15.5. The fourth-order valence-corrected chi connectivity index (χ4v) is 1.95. The summed E-state index contributed by atoms with van der Waals surface area (Å²) in [5.74, 6) is 2.73. The first-order chi connectivity index (χ1) is 11.2. The van der Waals surface area contributed by atoms with Gasteiger partial charge in [-0.3, -0.25) is 0 Å². The molecule has 0 aliphatic heterocycles. The van der Waals surface area contributed by atoms with Crippen LogP contribution in [0.5, 0.6) is 0 Å². The van der Waals surface area contributed by atoms with Gasteiger partial charge in [-0.15, -0.1) is 10.2 Å². The molecule has 3 aromatic heterocycles. The van der Waals surface area contributed by atoms with Crippen molar-refractivity contribution in [2.24, 2.45) is 14.1 Å². The van der Waals surface area contributed by atoms with E-state index in [4.69, 9.17) is 5.26 Å². The molecular weight excluding hydrogens is 294 g/mol. The Bertz CT molecular complexity index is 732. The number of tetrazole rings is 1. The van der Waals surface area contributed by atoms with Gasteiger partial charge in [-0.2, -0.15) is 10.5 Å². The van der Waals surface area contributed by atoms with Gasteiger partial charge in [-0.25, -0.2) is 9.97 Å². The molecule has 0 aromatic carbocycles. The van der Waals surface area contributed by atoms with E-state index in [1.54, 1.807) is 12.4 Å². The highest BCUT2D eigenvalue weighted by Gasteiger charge is 2.02. The number of nitrogens with zero attached hydrogens (tertiary/aromatic N) is 8. The summed E-state index contributed by atoms with van der Waals surface area (Å²) in [6.07, 6.45) is 10.2. The Morgan fingerprint density at radius 3 is 2.17 bits per heavy atom. The van der Waals surface area contributed by atoms with Crippen LogP contribution in [0.2, 0.25) is 0 Å². The standard InChI is InChI=1S/C7H10N6.C7H9N3/c1-13-5-4-8-7(13)3-2-6-9-11-12-10-6;1-10-6-5-9-7(10)3-2-4-8/h4-5H,2-3H2,1H3,(H,9,10,11,12);5-6H,2-3H2,1H3. The Labute approximate surface area is 134 Å². The molecule has 120 valence electrons. The van der Waals surface area contributed by atoms with Crippen LogP contribution in [0.4, 0.5) is 0 Å². The first-order valence-electron chi connectivity index (χ1n) is 7.22. The second-order valence-corrected chi connectivity index (χ2v) is 4.89. The maximum Gasteiger partial charge on any atom is 0.175 e. The summed E-state index contributed by atoms with van der Waals surface area (Å²) in [4.78, 5) is 8.26. The molecule has 0 unspecified atom stereocenters. The molecule has 0 spiro atoms. The number of nitriles is 1. The number of imidazole rings is 2. The summed E-state index contributed by atoms with van der Waals surface area (Å²) in [7, 11) is 3.90. The van der Waals surface area contributed by atoms with Gasteiger partial charge in [0, 0.05) is 64.6 Å². The number of nitrogens with one attached hydrogen (secondary N) is 1. The molecule has 9 heteroatoms. The lowest BCUT2D eigenvalue weighted by Gasteiger charge is -1.97. The van der Waals surface area contributed by atoms with Gasteiger partial charge in [0.1, 0.15) is 11.6 Å². The minimum atomic E-state index is 0.546. The van der Waals surface area contributed by atoms with Crippen molar-refractivity contribution in [3.8, 4) is 6.07 Å². The molecule has 0 fully saturated rings. The number of hydrogen-bond donors (Lipinski definition) is 1. The summed E-state index contributed by atoms with van der Waals surface area (Å²) in [5.41, 5.74) is 0. The Morgan fingerprint density at radius 1 is 1.04 bits per heavy atom. The van der Waals surface area contributed by atoms with E-state index in [0.717, 1.165) is 36.7 Å². The van der Waals surface area contributed by atoms with Crippen molar-refractivity contribution in [1.29, 1.82) is 5.26 Å². The second kappa shape index (κ2) is 8.43. The van der Waals surface area contributed by atoms with Crippen LogP contribution in [0.3, 0.4) is 0 Å². The molecule has 23 heavy (non-hydrogen) atoms. The number of aryl methyl sites for hydroxylation is 5. The number of H-pyrrole nitrogens is 1. The highest BCUT2D eigenvalue weighted by Crippen LogP contribution is 1.99. The molecular formula is C14H19N9. The first-order valence-corrected chi connectivity index (χ1v) is 7.22. The number of aromatic amines is 1. The molecule has 0 saturated carbocycles. The lowest BCUT2D eigenvalue weighted by Crippen LogP contribution is -2.00. The number of aromatic nitrogens is 8. The van der Waals surface area contributed by atoms with Gasteiger partial charge < -0.3 is 9.13 Å². The van der Waals surface area contributed by atoms with Crippen LogP contribution in [0.15, 0.2) is 24.8 Å². The van der Waals surface area contributed by atoms with Crippen molar-refractivity contribution in [3.63, 3.8) is 0 Å². The lowest BCUT2D eigenvalue weighted by atomic mass is 10.3. The first kappa shape index (κ1) is 16.4. The van der Waals surface area contributed by atoms with Crippen molar-refractivity contribution >= 4 is 0 Å².